The second-order valence-electron chi connectivity index (χ2n) is 5.00. The largest absolute Gasteiger partial charge is 0.480 e. The summed E-state index contributed by atoms with van der Waals surface area (Å²) in [6.07, 6.45) is -3.92. The molecule has 24 heavy (non-hydrogen) atoms. The number of hydrogen-bond acceptors (Lipinski definition) is 3. The van der Waals surface area contributed by atoms with Crippen LogP contribution in [0.1, 0.15) is 22.3 Å². The molecule has 5 nitrogen and oxygen atoms in total. The third kappa shape index (κ3) is 7.28. The Morgan fingerprint density at radius 1 is 1.29 bits per heavy atom. The molecule has 1 unspecified atom stereocenters. The smallest absolute Gasteiger partial charge is 0.389 e. The summed E-state index contributed by atoms with van der Waals surface area (Å²) in [5, 5.41) is 11.3. The van der Waals surface area contributed by atoms with E-state index in [4.69, 9.17) is 9.84 Å². The third-order valence-corrected chi connectivity index (χ3v) is 3.04. The number of alkyl halides is 3. The Bertz CT molecular complexity index is 570. The fraction of sp³-hybridized carbons (Fsp3) is 0.375. The summed E-state index contributed by atoms with van der Waals surface area (Å²) in [6.45, 7) is 3.34. The van der Waals surface area contributed by atoms with E-state index in [1.54, 1.807) is 0 Å². The van der Waals surface area contributed by atoms with Gasteiger partial charge in [0.05, 0.1) is 13.2 Å². The van der Waals surface area contributed by atoms with Crippen molar-refractivity contribution < 1.29 is 32.6 Å². The average molecular weight is 345 g/mol. The Kier molecular flexibility index (Phi) is 7.44. The van der Waals surface area contributed by atoms with Crippen LogP contribution in [-0.2, 0) is 16.0 Å². The Balaban J connectivity index is 2.62. The lowest BCUT2D eigenvalue weighted by Crippen LogP contribution is -2.44. The Hall–Kier alpha value is -2.35. The first-order chi connectivity index (χ1) is 11.2. The fourth-order valence-corrected chi connectivity index (χ4v) is 1.79. The highest BCUT2D eigenvalue weighted by Gasteiger charge is 2.26. The second-order valence-corrected chi connectivity index (χ2v) is 5.00. The molecule has 1 atom stereocenters. The Morgan fingerprint density at radius 3 is 2.42 bits per heavy atom. The molecule has 8 heteroatoms. The van der Waals surface area contributed by atoms with Gasteiger partial charge in [-0.25, -0.2) is 4.79 Å². The highest BCUT2D eigenvalue weighted by Crippen LogP contribution is 2.22. The zero-order chi connectivity index (χ0) is 18.2. The molecule has 0 aliphatic heterocycles. The average Bonchev–Trinajstić information content (AvgIpc) is 2.51. The van der Waals surface area contributed by atoms with Gasteiger partial charge in [0, 0.05) is 12.0 Å². The van der Waals surface area contributed by atoms with Crippen LogP contribution in [0, 0.1) is 0 Å². The summed E-state index contributed by atoms with van der Waals surface area (Å²) in [6, 6.07) is 4.28. The zero-order valence-electron chi connectivity index (χ0n) is 12.8. The summed E-state index contributed by atoms with van der Waals surface area (Å²) in [7, 11) is 0. The molecule has 0 aliphatic rings. The molecular formula is C16H18F3NO4. The van der Waals surface area contributed by atoms with Crippen LogP contribution >= 0.6 is 0 Å². The van der Waals surface area contributed by atoms with E-state index >= 15 is 0 Å². The molecule has 1 aromatic carbocycles. The van der Waals surface area contributed by atoms with Crippen LogP contribution in [0.25, 0.3) is 0 Å². The summed E-state index contributed by atoms with van der Waals surface area (Å²) in [5.74, 6) is -1.90. The minimum absolute atomic E-state index is 0.146. The number of halogens is 3. The van der Waals surface area contributed by atoms with Crippen LogP contribution in [0.4, 0.5) is 13.2 Å². The monoisotopic (exact) mass is 345 g/mol. The van der Waals surface area contributed by atoms with Gasteiger partial charge < -0.3 is 15.2 Å². The molecule has 1 rings (SSSR count). The van der Waals surface area contributed by atoms with E-state index in [0.29, 0.717) is 5.56 Å². The summed E-state index contributed by atoms with van der Waals surface area (Å²) in [5.41, 5.74) is 0.591. The quantitative estimate of drug-likeness (QED) is 0.533. The van der Waals surface area contributed by atoms with Crippen molar-refractivity contribution in [1.82, 2.24) is 5.32 Å². The summed E-state index contributed by atoms with van der Waals surface area (Å²) in [4.78, 5) is 23.1. The number of carboxylic acids is 1. The van der Waals surface area contributed by atoms with E-state index in [1.165, 1.54) is 30.3 Å². The van der Waals surface area contributed by atoms with Gasteiger partial charge in [0.25, 0.3) is 5.91 Å². The molecule has 0 fully saturated rings. The first-order valence-corrected chi connectivity index (χ1v) is 7.11. The number of hydrogen-bond donors (Lipinski definition) is 2. The number of amides is 1. The van der Waals surface area contributed by atoms with Crippen molar-refractivity contribution in [3.8, 4) is 0 Å². The van der Waals surface area contributed by atoms with Gasteiger partial charge in [-0.1, -0.05) is 18.2 Å². The number of ether oxygens (including phenoxy) is 1. The van der Waals surface area contributed by atoms with Gasteiger partial charge in [0.2, 0.25) is 0 Å². The van der Waals surface area contributed by atoms with Gasteiger partial charge in [-0.2, -0.15) is 13.2 Å². The first kappa shape index (κ1) is 19.7. The first-order valence-electron chi connectivity index (χ1n) is 7.11. The molecule has 0 spiro atoms. The van der Waals surface area contributed by atoms with Crippen LogP contribution in [0.2, 0.25) is 0 Å². The predicted octanol–water partition coefficient (Wildman–Crippen LogP) is 2.57. The molecule has 2 N–H and O–H groups in total. The molecule has 132 valence electrons. The van der Waals surface area contributed by atoms with E-state index in [1.807, 2.05) is 0 Å². The van der Waals surface area contributed by atoms with Gasteiger partial charge in [-0.05, 0) is 24.1 Å². The number of aliphatic carboxylic acids is 1. The minimum atomic E-state index is -4.24. The van der Waals surface area contributed by atoms with Gasteiger partial charge in [0.1, 0.15) is 0 Å². The number of carbonyl (C=O) groups excluding carboxylic acids is 1. The van der Waals surface area contributed by atoms with Crippen LogP contribution in [-0.4, -0.2) is 42.4 Å². The molecular weight excluding hydrogens is 327 g/mol. The maximum atomic E-state index is 12.2. The van der Waals surface area contributed by atoms with Crippen molar-refractivity contribution >= 4 is 11.9 Å². The fourth-order valence-electron chi connectivity index (χ4n) is 1.79. The van der Waals surface area contributed by atoms with Crippen molar-refractivity contribution in [1.29, 1.82) is 0 Å². The highest BCUT2D eigenvalue weighted by molar-refractivity contribution is 5.96. The molecule has 0 aliphatic carbocycles. The SMILES string of the molecule is C=CCOCC(NC(=O)c1ccc(CCC(F)(F)F)cc1)C(=O)O. The maximum absolute atomic E-state index is 12.2. The molecule has 1 aromatic rings. The topological polar surface area (TPSA) is 75.6 Å². The zero-order valence-corrected chi connectivity index (χ0v) is 12.8. The van der Waals surface area contributed by atoms with E-state index in [2.05, 4.69) is 11.9 Å². The molecule has 0 radical (unpaired) electrons. The Labute approximate surface area is 137 Å². The normalized spacial score (nSPS) is 12.5. The molecule has 1 amide bonds. The van der Waals surface area contributed by atoms with Gasteiger partial charge in [-0.3, -0.25) is 4.79 Å². The molecule has 0 bridgehead atoms. The highest BCUT2D eigenvalue weighted by atomic mass is 19.4. The number of rotatable bonds is 9. The summed E-state index contributed by atoms with van der Waals surface area (Å²) < 4.78 is 41.5. The number of nitrogens with one attached hydrogen (secondary N) is 1. The molecule has 0 aromatic heterocycles. The van der Waals surface area contributed by atoms with Crippen molar-refractivity contribution in [2.24, 2.45) is 0 Å². The molecule has 0 heterocycles. The van der Waals surface area contributed by atoms with E-state index in [9.17, 15) is 22.8 Å². The van der Waals surface area contributed by atoms with Crippen molar-refractivity contribution in [2.75, 3.05) is 13.2 Å². The number of benzene rings is 1. The standard InChI is InChI=1S/C16H18F3NO4/c1-2-9-24-10-13(15(22)23)20-14(21)12-5-3-11(4-6-12)7-8-16(17,18)19/h2-6,13H,1,7-10H2,(H,20,21)(H,22,23). The third-order valence-electron chi connectivity index (χ3n) is 3.04. The predicted molar refractivity (Wildman–Crippen MR) is 80.7 cm³/mol. The van der Waals surface area contributed by atoms with Crippen LogP contribution in [0.5, 0.6) is 0 Å². The minimum Gasteiger partial charge on any atom is -0.480 e. The van der Waals surface area contributed by atoms with Crippen molar-refractivity contribution in [3.05, 3.63) is 48.0 Å². The van der Waals surface area contributed by atoms with E-state index in [-0.39, 0.29) is 25.2 Å². The van der Waals surface area contributed by atoms with E-state index < -0.39 is 30.5 Å². The number of carbonyl (C=O) groups is 2. The van der Waals surface area contributed by atoms with E-state index in [0.717, 1.165) is 0 Å². The lowest BCUT2D eigenvalue weighted by Gasteiger charge is -2.14. The van der Waals surface area contributed by atoms with Gasteiger partial charge in [-0.15, -0.1) is 6.58 Å². The van der Waals surface area contributed by atoms with Crippen LogP contribution in [0.15, 0.2) is 36.9 Å². The van der Waals surface area contributed by atoms with Crippen LogP contribution in [0.3, 0.4) is 0 Å². The summed E-state index contributed by atoms with van der Waals surface area (Å²) >= 11 is 0. The molecule has 0 saturated heterocycles. The molecule has 0 saturated carbocycles. The van der Waals surface area contributed by atoms with Gasteiger partial charge >= 0.3 is 12.1 Å². The van der Waals surface area contributed by atoms with Crippen molar-refractivity contribution in [2.45, 2.75) is 25.1 Å². The van der Waals surface area contributed by atoms with Crippen molar-refractivity contribution in [3.63, 3.8) is 0 Å². The number of aryl methyl sites for hydroxylation is 1. The lowest BCUT2D eigenvalue weighted by molar-refractivity contribution is -0.140. The lowest BCUT2D eigenvalue weighted by atomic mass is 10.1. The van der Waals surface area contributed by atoms with Crippen LogP contribution < -0.4 is 5.32 Å². The Morgan fingerprint density at radius 2 is 1.92 bits per heavy atom. The second kappa shape index (κ2) is 9.07. The van der Waals surface area contributed by atoms with Gasteiger partial charge in [0.15, 0.2) is 6.04 Å². The number of carboxylic acid groups (broad SMARTS) is 1. The maximum Gasteiger partial charge on any atom is 0.389 e.